The van der Waals surface area contributed by atoms with Crippen LogP contribution >= 0.6 is 34.7 Å². The van der Waals surface area contributed by atoms with Crippen LogP contribution in [0.15, 0.2) is 40.9 Å². The number of nitrogens with two attached hydrogens (primary N) is 2. The van der Waals surface area contributed by atoms with Gasteiger partial charge in [0, 0.05) is 10.6 Å². The van der Waals surface area contributed by atoms with Crippen LogP contribution in [-0.2, 0) is 4.79 Å². The number of nitrogens with one attached hydrogen (secondary N) is 1. The Labute approximate surface area is 161 Å². The van der Waals surface area contributed by atoms with E-state index in [1.807, 2.05) is 6.07 Å². The molecule has 5 N–H and O–H groups in total. The first-order valence-electron chi connectivity index (χ1n) is 7.22. The van der Waals surface area contributed by atoms with E-state index in [0.717, 1.165) is 11.8 Å². The summed E-state index contributed by atoms with van der Waals surface area (Å²) >= 11 is 8.31. The molecule has 3 aromatic rings. The number of anilines is 1. The summed E-state index contributed by atoms with van der Waals surface area (Å²) in [6.07, 6.45) is 0. The lowest BCUT2D eigenvalue weighted by molar-refractivity contribution is -0.113. The van der Waals surface area contributed by atoms with Crippen molar-refractivity contribution in [3.8, 4) is 11.4 Å². The van der Waals surface area contributed by atoms with Gasteiger partial charge in [-0.25, -0.2) is 4.68 Å². The largest absolute Gasteiger partial charge is 0.366 e. The maximum atomic E-state index is 12.1. The summed E-state index contributed by atoms with van der Waals surface area (Å²) in [5.41, 5.74) is 6.24. The van der Waals surface area contributed by atoms with Crippen molar-refractivity contribution in [1.29, 1.82) is 0 Å². The molecule has 0 unspecified atom stereocenters. The summed E-state index contributed by atoms with van der Waals surface area (Å²) in [5, 5.41) is 13.7. The SMILES string of the molecule is NC(=O)c1ccsc1NC(=O)CSc1nnc(-c2cccc(Cl)c2)n1N. The van der Waals surface area contributed by atoms with Gasteiger partial charge in [-0.15, -0.1) is 21.5 Å². The number of amides is 2. The van der Waals surface area contributed by atoms with Gasteiger partial charge >= 0.3 is 0 Å². The minimum absolute atomic E-state index is 0.0426. The second kappa shape index (κ2) is 7.77. The first-order valence-corrected chi connectivity index (χ1v) is 9.46. The maximum Gasteiger partial charge on any atom is 0.251 e. The predicted molar refractivity (Wildman–Crippen MR) is 103 cm³/mol. The van der Waals surface area contributed by atoms with Gasteiger partial charge in [0.25, 0.3) is 5.91 Å². The molecule has 0 aliphatic rings. The molecular formula is C15H13ClN6O2S2. The lowest BCUT2D eigenvalue weighted by Gasteiger charge is -2.05. The number of carbonyl (C=O) groups excluding carboxylic acids is 2. The van der Waals surface area contributed by atoms with Gasteiger partial charge in [-0.1, -0.05) is 35.5 Å². The number of nitrogen functional groups attached to an aromatic ring is 1. The normalized spacial score (nSPS) is 10.7. The monoisotopic (exact) mass is 408 g/mol. The zero-order chi connectivity index (χ0) is 18.7. The van der Waals surface area contributed by atoms with Crippen molar-refractivity contribution in [2.75, 3.05) is 16.9 Å². The lowest BCUT2D eigenvalue weighted by atomic mass is 10.2. The van der Waals surface area contributed by atoms with Gasteiger partial charge in [0.05, 0.1) is 11.3 Å². The minimum Gasteiger partial charge on any atom is -0.366 e. The third kappa shape index (κ3) is 3.98. The molecule has 3 rings (SSSR count). The van der Waals surface area contributed by atoms with E-state index in [1.165, 1.54) is 16.0 Å². The van der Waals surface area contributed by atoms with Crippen LogP contribution in [-0.4, -0.2) is 32.4 Å². The molecule has 0 aliphatic carbocycles. The summed E-state index contributed by atoms with van der Waals surface area (Å²) in [4.78, 5) is 23.4. The van der Waals surface area contributed by atoms with Crippen LogP contribution in [0.25, 0.3) is 11.4 Å². The number of thiophene rings is 1. The van der Waals surface area contributed by atoms with Gasteiger partial charge in [0.2, 0.25) is 11.1 Å². The van der Waals surface area contributed by atoms with Gasteiger partial charge in [-0.2, -0.15) is 0 Å². The average Bonchev–Trinajstić information content (AvgIpc) is 3.20. The fourth-order valence-corrected chi connectivity index (χ4v) is 3.75. The molecule has 2 amide bonds. The second-order valence-corrected chi connectivity index (χ2v) is 7.35. The summed E-state index contributed by atoms with van der Waals surface area (Å²) in [6, 6.07) is 8.61. The van der Waals surface area contributed by atoms with Crippen LogP contribution in [0.5, 0.6) is 0 Å². The molecule has 0 saturated heterocycles. The third-order valence-electron chi connectivity index (χ3n) is 3.26. The average molecular weight is 409 g/mol. The fourth-order valence-electron chi connectivity index (χ4n) is 2.09. The number of hydrogen-bond donors (Lipinski definition) is 3. The highest BCUT2D eigenvalue weighted by atomic mass is 35.5. The number of halogens is 1. The zero-order valence-corrected chi connectivity index (χ0v) is 15.6. The zero-order valence-electron chi connectivity index (χ0n) is 13.2. The summed E-state index contributed by atoms with van der Waals surface area (Å²) < 4.78 is 1.30. The molecule has 8 nitrogen and oxygen atoms in total. The number of primary amides is 1. The summed E-state index contributed by atoms with van der Waals surface area (Å²) in [6.45, 7) is 0. The van der Waals surface area contributed by atoms with E-state index < -0.39 is 5.91 Å². The number of carbonyl (C=O) groups is 2. The molecular weight excluding hydrogens is 396 g/mol. The number of nitrogens with zero attached hydrogens (tertiary/aromatic N) is 3. The van der Waals surface area contributed by atoms with E-state index in [-0.39, 0.29) is 17.2 Å². The molecule has 0 atom stereocenters. The number of hydrogen-bond acceptors (Lipinski definition) is 7. The molecule has 0 aliphatic heterocycles. The van der Waals surface area contributed by atoms with Gasteiger partial charge < -0.3 is 16.9 Å². The highest BCUT2D eigenvalue weighted by molar-refractivity contribution is 7.99. The Bertz CT molecular complexity index is 971. The van der Waals surface area contributed by atoms with Crippen molar-refractivity contribution >= 4 is 51.5 Å². The van der Waals surface area contributed by atoms with Crippen LogP contribution in [0.1, 0.15) is 10.4 Å². The molecule has 26 heavy (non-hydrogen) atoms. The van der Waals surface area contributed by atoms with Crippen LogP contribution in [0.3, 0.4) is 0 Å². The van der Waals surface area contributed by atoms with E-state index in [1.54, 1.807) is 29.6 Å². The van der Waals surface area contributed by atoms with E-state index in [9.17, 15) is 9.59 Å². The molecule has 0 spiro atoms. The topological polar surface area (TPSA) is 129 Å². The van der Waals surface area contributed by atoms with Crippen LogP contribution in [0, 0.1) is 0 Å². The van der Waals surface area contributed by atoms with Crippen LogP contribution in [0.4, 0.5) is 5.00 Å². The highest BCUT2D eigenvalue weighted by Gasteiger charge is 2.16. The first kappa shape index (κ1) is 18.2. The van der Waals surface area contributed by atoms with E-state index in [4.69, 9.17) is 23.2 Å². The van der Waals surface area contributed by atoms with Gasteiger partial charge in [-0.05, 0) is 23.6 Å². The summed E-state index contributed by atoms with van der Waals surface area (Å²) in [7, 11) is 0. The van der Waals surface area contributed by atoms with Crippen molar-refractivity contribution in [2.45, 2.75) is 5.16 Å². The second-order valence-electron chi connectivity index (χ2n) is 5.05. The Hall–Kier alpha value is -2.56. The third-order valence-corrected chi connectivity index (χ3v) is 5.27. The van der Waals surface area contributed by atoms with Crippen molar-refractivity contribution in [3.05, 3.63) is 46.3 Å². The lowest BCUT2D eigenvalue weighted by Crippen LogP contribution is -2.18. The number of thioether (sulfide) groups is 1. The molecule has 2 aromatic heterocycles. The van der Waals surface area contributed by atoms with E-state index >= 15 is 0 Å². The molecule has 0 bridgehead atoms. The Balaban J connectivity index is 1.66. The fraction of sp³-hybridized carbons (Fsp3) is 0.0667. The van der Waals surface area contributed by atoms with Crippen molar-refractivity contribution in [3.63, 3.8) is 0 Å². The standard InChI is InChI=1S/C15H13ClN6O2S2/c16-9-3-1-2-8(6-9)13-20-21-15(22(13)18)26-7-11(23)19-14-10(12(17)24)4-5-25-14/h1-6H,7,18H2,(H2,17,24)(H,19,23). The number of aromatic nitrogens is 3. The minimum atomic E-state index is -0.595. The molecule has 0 radical (unpaired) electrons. The first-order chi connectivity index (χ1) is 12.5. The molecule has 0 saturated carbocycles. The Morgan fingerprint density at radius 3 is 2.85 bits per heavy atom. The van der Waals surface area contributed by atoms with Crippen molar-refractivity contribution in [2.24, 2.45) is 5.73 Å². The molecule has 134 valence electrons. The maximum absolute atomic E-state index is 12.1. The van der Waals surface area contributed by atoms with Gasteiger partial charge in [-0.3, -0.25) is 9.59 Å². The van der Waals surface area contributed by atoms with Gasteiger partial charge in [0.1, 0.15) is 5.00 Å². The van der Waals surface area contributed by atoms with Gasteiger partial charge in [0.15, 0.2) is 5.82 Å². The number of benzene rings is 1. The highest BCUT2D eigenvalue weighted by Crippen LogP contribution is 2.25. The van der Waals surface area contributed by atoms with Crippen molar-refractivity contribution in [1.82, 2.24) is 14.9 Å². The van der Waals surface area contributed by atoms with Crippen molar-refractivity contribution < 1.29 is 9.59 Å². The molecule has 1 aromatic carbocycles. The molecule has 11 heteroatoms. The Kier molecular flexibility index (Phi) is 5.45. The van der Waals surface area contributed by atoms with Crippen LogP contribution in [0.2, 0.25) is 5.02 Å². The quantitative estimate of drug-likeness (QED) is 0.423. The van der Waals surface area contributed by atoms with Crippen LogP contribution < -0.4 is 16.9 Å². The number of rotatable bonds is 6. The molecule has 2 heterocycles. The predicted octanol–water partition coefficient (Wildman–Crippen LogP) is 2.20. The summed E-state index contributed by atoms with van der Waals surface area (Å²) in [5.74, 6) is 5.58. The molecule has 0 fully saturated rings. The smallest absolute Gasteiger partial charge is 0.251 e. The van der Waals surface area contributed by atoms with E-state index in [0.29, 0.717) is 26.6 Å². The Morgan fingerprint density at radius 2 is 2.12 bits per heavy atom. The van der Waals surface area contributed by atoms with E-state index in [2.05, 4.69) is 15.5 Å². The Morgan fingerprint density at radius 1 is 1.31 bits per heavy atom.